The fourth-order valence-corrected chi connectivity index (χ4v) is 4.39. The number of nitrogens with one attached hydrogen (secondary N) is 2. The van der Waals surface area contributed by atoms with Gasteiger partial charge < -0.3 is 15.4 Å². The van der Waals surface area contributed by atoms with E-state index >= 15 is 0 Å². The van der Waals surface area contributed by atoms with E-state index in [1.807, 2.05) is 0 Å². The lowest BCUT2D eigenvalue weighted by molar-refractivity contribution is 0.301. The summed E-state index contributed by atoms with van der Waals surface area (Å²) in [6.45, 7) is 3.08. The van der Waals surface area contributed by atoms with E-state index in [9.17, 15) is 0 Å². The van der Waals surface area contributed by atoms with E-state index in [2.05, 4.69) is 53.1 Å². The summed E-state index contributed by atoms with van der Waals surface area (Å²) < 4.78 is 6.20. The van der Waals surface area contributed by atoms with Crippen LogP contribution in [0.3, 0.4) is 0 Å². The maximum Gasteiger partial charge on any atom is 0.127 e. The number of rotatable bonds is 4. The Hall–Kier alpha value is -2.00. The number of hydrogen-bond donors (Lipinski definition) is 2. The first-order valence-electron chi connectivity index (χ1n) is 9.72. The van der Waals surface area contributed by atoms with Crippen LogP contribution in [0.15, 0.2) is 42.5 Å². The van der Waals surface area contributed by atoms with Crippen molar-refractivity contribution in [2.45, 2.75) is 37.6 Å². The van der Waals surface area contributed by atoms with E-state index < -0.39 is 0 Å². The third-order valence-corrected chi connectivity index (χ3v) is 5.92. The number of anilines is 1. The van der Waals surface area contributed by atoms with Crippen molar-refractivity contribution in [1.82, 2.24) is 5.32 Å². The lowest BCUT2D eigenvalue weighted by atomic mass is 9.85. The maximum atomic E-state index is 6.20. The molecule has 3 heteroatoms. The van der Waals surface area contributed by atoms with Gasteiger partial charge in [0.05, 0.1) is 6.61 Å². The second-order valence-electron chi connectivity index (χ2n) is 7.70. The molecule has 1 saturated carbocycles. The van der Waals surface area contributed by atoms with E-state index in [1.54, 1.807) is 0 Å². The highest BCUT2D eigenvalue weighted by Gasteiger charge is 2.35. The summed E-state index contributed by atoms with van der Waals surface area (Å²) in [7, 11) is 0. The molecule has 2 aromatic carbocycles. The zero-order valence-electron chi connectivity index (χ0n) is 14.6. The SMILES string of the molecule is c1ccc(-c2cccc3c2C2CCNCCC2N3)c(OCC2CC2)c1. The summed E-state index contributed by atoms with van der Waals surface area (Å²) in [6.07, 6.45) is 5.04. The van der Waals surface area contributed by atoms with Crippen LogP contribution in [0.4, 0.5) is 5.69 Å². The Morgan fingerprint density at radius 2 is 1.72 bits per heavy atom. The van der Waals surface area contributed by atoms with Crippen LogP contribution in [0.1, 0.15) is 37.2 Å². The molecule has 0 radical (unpaired) electrons. The summed E-state index contributed by atoms with van der Waals surface area (Å²) in [5, 5.41) is 7.34. The summed E-state index contributed by atoms with van der Waals surface area (Å²) in [4.78, 5) is 0. The molecule has 2 N–H and O–H groups in total. The number of fused-ring (bicyclic) bond motifs is 3. The van der Waals surface area contributed by atoms with Gasteiger partial charge in [-0.3, -0.25) is 0 Å². The summed E-state index contributed by atoms with van der Waals surface area (Å²) >= 11 is 0. The number of hydrogen-bond acceptors (Lipinski definition) is 3. The van der Waals surface area contributed by atoms with Gasteiger partial charge in [-0.05, 0) is 68.0 Å². The fourth-order valence-electron chi connectivity index (χ4n) is 4.39. The van der Waals surface area contributed by atoms with Gasteiger partial charge in [-0.1, -0.05) is 30.3 Å². The Labute approximate surface area is 149 Å². The molecule has 3 aliphatic rings. The molecule has 25 heavy (non-hydrogen) atoms. The summed E-state index contributed by atoms with van der Waals surface area (Å²) in [5.41, 5.74) is 5.43. The van der Waals surface area contributed by atoms with Gasteiger partial charge in [0, 0.05) is 23.2 Å². The number of benzene rings is 2. The molecule has 0 bridgehead atoms. The first-order chi connectivity index (χ1) is 12.4. The molecule has 1 saturated heterocycles. The second-order valence-corrected chi connectivity index (χ2v) is 7.70. The monoisotopic (exact) mass is 334 g/mol. The van der Waals surface area contributed by atoms with Gasteiger partial charge in [0.1, 0.15) is 5.75 Å². The predicted octanol–water partition coefficient (Wildman–Crippen LogP) is 4.40. The van der Waals surface area contributed by atoms with Crippen molar-refractivity contribution < 1.29 is 4.74 Å². The van der Waals surface area contributed by atoms with Crippen molar-refractivity contribution in [3.8, 4) is 16.9 Å². The molecular formula is C22H26N2O. The first-order valence-corrected chi connectivity index (χ1v) is 9.72. The third-order valence-electron chi connectivity index (χ3n) is 5.92. The molecule has 2 aromatic rings. The fraction of sp³-hybridized carbons (Fsp3) is 0.455. The highest BCUT2D eigenvalue weighted by Crippen LogP contribution is 2.47. The zero-order chi connectivity index (χ0) is 16.6. The predicted molar refractivity (Wildman–Crippen MR) is 102 cm³/mol. The quantitative estimate of drug-likeness (QED) is 0.869. The van der Waals surface area contributed by atoms with E-state index in [0.717, 1.165) is 31.4 Å². The molecule has 5 rings (SSSR count). The molecule has 2 aliphatic heterocycles. The second kappa shape index (κ2) is 6.38. The van der Waals surface area contributed by atoms with Crippen molar-refractivity contribution in [3.05, 3.63) is 48.0 Å². The Morgan fingerprint density at radius 3 is 2.64 bits per heavy atom. The Balaban J connectivity index is 1.54. The summed E-state index contributed by atoms with van der Waals surface area (Å²) in [6, 6.07) is 15.8. The van der Waals surface area contributed by atoms with Gasteiger partial charge in [-0.2, -0.15) is 0 Å². The van der Waals surface area contributed by atoms with Crippen molar-refractivity contribution >= 4 is 5.69 Å². The summed E-state index contributed by atoms with van der Waals surface area (Å²) in [5.74, 6) is 2.41. The maximum absolute atomic E-state index is 6.20. The van der Waals surface area contributed by atoms with E-state index in [1.165, 1.54) is 48.1 Å². The topological polar surface area (TPSA) is 33.3 Å². The molecule has 1 aliphatic carbocycles. The van der Waals surface area contributed by atoms with Crippen LogP contribution in [0.5, 0.6) is 5.75 Å². The van der Waals surface area contributed by atoms with Gasteiger partial charge in [0.2, 0.25) is 0 Å². The molecular weight excluding hydrogens is 308 g/mol. The van der Waals surface area contributed by atoms with Crippen LogP contribution in [-0.2, 0) is 0 Å². The van der Waals surface area contributed by atoms with Gasteiger partial charge in [0.25, 0.3) is 0 Å². The third kappa shape index (κ3) is 2.91. The number of ether oxygens (including phenoxy) is 1. The Bertz CT molecular complexity index is 768. The van der Waals surface area contributed by atoms with Crippen LogP contribution < -0.4 is 15.4 Å². The average Bonchev–Trinajstić information content (AvgIpc) is 3.44. The van der Waals surface area contributed by atoms with Gasteiger partial charge in [-0.15, -0.1) is 0 Å². The first kappa shape index (κ1) is 15.3. The van der Waals surface area contributed by atoms with Gasteiger partial charge in [0.15, 0.2) is 0 Å². The van der Waals surface area contributed by atoms with Gasteiger partial charge >= 0.3 is 0 Å². The van der Waals surface area contributed by atoms with E-state index in [-0.39, 0.29) is 0 Å². The Morgan fingerprint density at radius 1 is 0.880 bits per heavy atom. The lowest BCUT2D eigenvalue weighted by Gasteiger charge is -2.19. The standard InChI is InChI=1S/C22H26N2O/c1-2-7-21(25-14-15-8-9-15)16(4-1)17-5-3-6-20-22(17)18-10-12-23-13-11-19(18)24-20/h1-7,15,18-19,23-24H,8-14H2. The minimum Gasteiger partial charge on any atom is -0.493 e. The van der Waals surface area contributed by atoms with E-state index in [4.69, 9.17) is 4.74 Å². The highest BCUT2D eigenvalue weighted by atomic mass is 16.5. The molecule has 2 heterocycles. The molecule has 2 unspecified atom stereocenters. The minimum absolute atomic E-state index is 0.561. The van der Waals surface area contributed by atoms with Crippen LogP contribution in [-0.4, -0.2) is 25.7 Å². The van der Waals surface area contributed by atoms with Crippen LogP contribution in [0.2, 0.25) is 0 Å². The molecule has 2 atom stereocenters. The smallest absolute Gasteiger partial charge is 0.127 e. The average molecular weight is 334 g/mol. The van der Waals surface area contributed by atoms with E-state index in [0.29, 0.717) is 12.0 Å². The molecule has 2 fully saturated rings. The number of para-hydroxylation sites is 1. The molecule has 130 valence electrons. The van der Waals surface area contributed by atoms with Crippen molar-refractivity contribution in [2.24, 2.45) is 5.92 Å². The minimum atomic E-state index is 0.561. The van der Waals surface area contributed by atoms with Crippen molar-refractivity contribution in [2.75, 3.05) is 25.0 Å². The van der Waals surface area contributed by atoms with Crippen LogP contribution in [0.25, 0.3) is 11.1 Å². The van der Waals surface area contributed by atoms with Gasteiger partial charge in [-0.25, -0.2) is 0 Å². The lowest BCUT2D eigenvalue weighted by Crippen LogP contribution is -2.21. The normalized spacial score (nSPS) is 24.8. The highest BCUT2D eigenvalue weighted by molar-refractivity contribution is 5.81. The molecule has 0 aromatic heterocycles. The van der Waals surface area contributed by atoms with Crippen molar-refractivity contribution in [3.63, 3.8) is 0 Å². The Kier molecular flexibility index (Phi) is 3.90. The molecule has 3 nitrogen and oxygen atoms in total. The largest absolute Gasteiger partial charge is 0.493 e. The molecule has 0 amide bonds. The molecule has 0 spiro atoms. The van der Waals surface area contributed by atoms with Crippen LogP contribution in [0, 0.1) is 5.92 Å². The van der Waals surface area contributed by atoms with Crippen LogP contribution >= 0.6 is 0 Å². The van der Waals surface area contributed by atoms with Crippen molar-refractivity contribution in [1.29, 1.82) is 0 Å². The zero-order valence-corrected chi connectivity index (χ0v) is 14.6.